The van der Waals surface area contributed by atoms with Crippen LogP contribution in [-0.4, -0.2) is 16.0 Å². The van der Waals surface area contributed by atoms with Crippen molar-refractivity contribution < 1.29 is 9.90 Å². The molecule has 0 saturated carbocycles. The molecular weight excluding hydrogens is 264 g/mol. The van der Waals surface area contributed by atoms with Crippen LogP contribution in [0.4, 0.5) is 0 Å². The lowest BCUT2D eigenvalue weighted by Gasteiger charge is -2.08. The predicted molar refractivity (Wildman–Crippen MR) is 73.3 cm³/mol. The third-order valence-corrected chi connectivity index (χ3v) is 3.10. The molecule has 1 heterocycles. The Labute approximate surface area is 116 Å². The monoisotopic (exact) mass is 276 g/mol. The number of hydrogen-bond acceptors (Lipinski definition) is 3. The second kappa shape index (κ2) is 5.71. The number of phenolic OH excluding ortho intramolecular Hbond substituents is 1. The quantitative estimate of drug-likeness (QED) is 0.906. The van der Waals surface area contributed by atoms with Crippen molar-refractivity contribution in [2.45, 2.75) is 13.5 Å². The molecule has 0 aliphatic heterocycles. The first-order valence-corrected chi connectivity index (χ1v) is 6.12. The zero-order chi connectivity index (χ0) is 13.8. The maximum absolute atomic E-state index is 11.9. The number of nitrogens with one attached hydrogen (secondary N) is 1. The number of carbonyl (C=O) groups is 1. The van der Waals surface area contributed by atoms with Crippen molar-refractivity contribution in [1.29, 1.82) is 0 Å². The van der Waals surface area contributed by atoms with Crippen LogP contribution in [0.1, 0.15) is 21.5 Å². The van der Waals surface area contributed by atoms with Crippen molar-refractivity contribution in [2.24, 2.45) is 0 Å². The van der Waals surface area contributed by atoms with Crippen molar-refractivity contribution >= 4 is 17.5 Å². The summed E-state index contributed by atoms with van der Waals surface area (Å²) in [5, 5.41) is 12.2. The van der Waals surface area contributed by atoms with Gasteiger partial charge in [-0.25, -0.2) is 0 Å². The smallest absolute Gasteiger partial charge is 0.251 e. The number of carbonyl (C=O) groups excluding carboxylic acids is 1. The largest absolute Gasteiger partial charge is 0.506 e. The van der Waals surface area contributed by atoms with Gasteiger partial charge in [0.05, 0.1) is 5.02 Å². The lowest BCUT2D eigenvalue weighted by Crippen LogP contribution is -2.23. The number of amides is 1. The summed E-state index contributed by atoms with van der Waals surface area (Å²) in [4.78, 5) is 15.9. The van der Waals surface area contributed by atoms with Crippen LogP contribution < -0.4 is 5.32 Å². The number of pyridine rings is 1. The van der Waals surface area contributed by atoms with Gasteiger partial charge in [-0.2, -0.15) is 0 Å². The highest BCUT2D eigenvalue weighted by molar-refractivity contribution is 6.32. The predicted octanol–water partition coefficient (Wildman–Crippen LogP) is 2.68. The first-order valence-electron chi connectivity index (χ1n) is 5.74. The summed E-state index contributed by atoms with van der Waals surface area (Å²) in [7, 11) is 0. The zero-order valence-corrected chi connectivity index (χ0v) is 11.1. The Hall–Kier alpha value is -2.07. The van der Waals surface area contributed by atoms with Crippen molar-refractivity contribution in [2.75, 3.05) is 0 Å². The minimum Gasteiger partial charge on any atom is -0.506 e. The normalized spacial score (nSPS) is 10.2. The summed E-state index contributed by atoms with van der Waals surface area (Å²) in [5.41, 5.74) is 2.43. The molecule has 2 aromatic rings. The fraction of sp³-hybridized carbons (Fsp3) is 0.143. The average molecular weight is 277 g/mol. The summed E-state index contributed by atoms with van der Waals surface area (Å²) in [5.74, 6) is -0.286. The Balaban J connectivity index is 2.05. The molecule has 0 radical (unpaired) electrons. The molecule has 0 unspecified atom stereocenters. The summed E-state index contributed by atoms with van der Waals surface area (Å²) < 4.78 is 0. The van der Waals surface area contributed by atoms with Crippen LogP contribution >= 0.6 is 11.6 Å². The fourth-order valence-corrected chi connectivity index (χ4v) is 1.79. The van der Waals surface area contributed by atoms with Crippen molar-refractivity contribution in [3.05, 3.63) is 58.4 Å². The highest BCUT2D eigenvalue weighted by Gasteiger charge is 2.08. The summed E-state index contributed by atoms with van der Waals surface area (Å²) in [6.07, 6.45) is 3.43. The Morgan fingerprint density at radius 2 is 2.21 bits per heavy atom. The van der Waals surface area contributed by atoms with Gasteiger partial charge in [0.2, 0.25) is 0 Å². The standard InChI is InChI=1S/C14H13ClN2O2/c1-9-4-5-16-7-11(9)8-17-14(19)10-2-3-13(18)12(15)6-10/h2-7,18H,8H2,1H3,(H,17,19). The van der Waals surface area contributed by atoms with Gasteiger partial charge in [0.1, 0.15) is 5.75 Å². The Bertz CT molecular complexity index is 614. The molecule has 0 saturated heterocycles. The second-order valence-corrected chi connectivity index (χ2v) is 4.56. The van der Waals surface area contributed by atoms with E-state index in [4.69, 9.17) is 11.6 Å². The van der Waals surface area contributed by atoms with E-state index in [1.807, 2.05) is 13.0 Å². The molecule has 1 aromatic heterocycles. The molecule has 2 N–H and O–H groups in total. The summed E-state index contributed by atoms with van der Waals surface area (Å²) >= 11 is 5.76. The molecule has 1 amide bonds. The molecule has 5 heteroatoms. The number of hydrogen-bond donors (Lipinski definition) is 2. The number of phenols is 1. The maximum atomic E-state index is 11.9. The van der Waals surface area contributed by atoms with Crippen LogP contribution in [0.5, 0.6) is 5.75 Å². The van der Waals surface area contributed by atoms with E-state index in [0.717, 1.165) is 11.1 Å². The Kier molecular flexibility index (Phi) is 4.02. The second-order valence-electron chi connectivity index (χ2n) is 4.15. The highest BCUT2D eigenvalue weighted by Crippen LogP contribution is 2.23. The van der Waals surface area contributed by atoms with Gasteiger partial charge in [0, 0.05) is 24.5 Å². The average Bonchev–Trinajstić information content (AvgIpc) is 2.40. The van der Waals surface area contributed by atoms with E-state index in [1.165, 1.54) is 18.2 Å². The van der Waals surface area contributed by atoms with E-state index in [-0.39, 0.29) is 16.7 Å². The van der Waals surface area contributed by atoms with Crippen LogP contribution in [0, 0.1) is 6.92 Å². The molecule has 1 aromatic carbocycles. The molecule has 19 heavy (non-hydrogen) atoms. The maximum Gasteiger partial charge on any atom is 0.251 e. The molecule has 98 valence electrons. The van der Waals surface area contributed by atoms with Gasteiger partial charge < -0.3 is 10.4 Å². The minimum atomic E-state index is -0.245. The molecule has 0 fully saturated rings. The van der Waals surface area contributed by atoms with E-state index in [2.05, 4.69) is 10.3 Å². The summed E-state index contributed by atoms with van der Waals surface area (Å²) in [6, 6.07) is 6.24. The minimum absolute atomic E-state index is 0.0404. The van der Waals surface area contributed by atoms with E-state index in [0.29, 0.717) is 12.1 Å². The molecule has 0 aliphatic carbocycles. The number of halogens is 1. The van der Waals surface area contributed by atoms with Gasteiger partial charge in [0.25, 0.3) is 5.91 Å². The summed E-state index contributed by atoms with van der Waals surface area (Å²) in [6.45, 7) is 2.36. The van der Waals surface area contributed by atoms with Crippen LogP contribution in [0.15, 0.2) is 36.7 Å². The first kappa shape index (κ1) is 13.4. The van der Waals surface area contributed by atoms with E-state index < -0.39 is 0 Å². The van der Waals surface area contributed by atoms with Gasteiger partial charge in [0.15, 0.2) is 0 Å². The Morgan fingerprint density at radius 3 is 2.89 bits per heavy atom. The van der Waals surface area contributed by atoms with Crippen molar-refractivity contribution in [3.8, 4) is 5.75 Å². The molecular formula is C14H13ClN2O2. The van der Waals surface area contributed by atoms with Crippen molar-refractivity contribution in [3.63, 3.8) is 0 Å². The lowest BCUT2D eigenvalue weighted by atomic mass is 10.1. The zero-order valence-electron chi connectivity index (χ0n) is 10.4. The van der Waals surface area contributed by atoms with Gasteiger partial charge >= 0.3 is 0 Å². The highest BCUT2D eigenvalue weighted by atomic mass is 35.5. The topological polar surface area (TPSA) is 62.2 Å². The number of nitrogens with zero attached hydrogens (tertiary/aromatic N) is 1. The molecule has 0 aliphatic rings. The SMILES string of the molecule is Cc1ccncc1CNC(=O)c1ccc(O)c(Cl)c1. The number of aryl methyl sites for hydroxylation is 1. The van der Waals surface area contributed by atoms with Crippen LogP contribution in [-0.2, 0) is 6.54 Å². The number of benzene rings is 1. The van der Waals surface area contributed by atoms with Crippen molar-refractivity contribution in [1.82, 2.24) is 10.3 Å². The van der Waals surface area contributed by atoms with Gasteiger partial charge in [-0.15, -0.1) is 0 Å². The lowest BCUT2D eigenvalue weighted by molar-refractivity contribution is 0.0951. The molecule has 0 atom stereocenters. The van der Waals surface area contributed by atoms with Gasteiger partial charge in [-0.3, -0.25) is 9.78 Å². The molecule has 0 bridgehead atoms. The number of aromatic nitrogens is 1. The van der Waals surface area contributed by atoms with Crippen LogP contribution in [0.25, 0.3) is 0 Å². The van der Waals surface area contributed by atoms with E-state index in [9.17, 15) is 9.90 Å². The number of aromatic hydroxyl groups is 1. The van der Waals surface area contributed by atoms with Crippen LogP contribution in [0.3, 0.4) is 0 Å². The number of rotatable bonds is 3. The molecule has 2 rings (SSSR count). The fourth-order valence-electron chi connectivity index (χ4n) is 1.61. The van der Waals surface area contributed by atoms with Crippen LogP contribution in [0.2, 0.25) is 5.02 Å². The van der Waals surface area contributed by atoms with E-state index >= 15 is 0 Å². The third kappa shape index (κ3) is 3.23. The van der Waals surface area contributed by atoms with E-state index in [1.54, 1.807) is 12.4 Å². The third-order valence-electron chi connectivity index (χ3n) is 2.80. The van der Waals surface area contributed by atoms with Gasteiger partial charge in [-0.1, -0.05) is 11.6 Å². The Morgan fingerprint density at radius 1 is 1.42 bits per heavy atom. The van der Waals surface area contributed by atoms with Gasteiger partial charge in [-0.05, 0) is 42.3 Å². The molecule has 0 spiro atoms. The first-order chi connectivity index (χ1) is 9.08. The molecule has 4 nitrogen and oxygen atoms in total.